The topological polar surface area (TPSA) is 71.2 Å². The van der Waals surface area contributed by atoms with Crippen LogP contribution in [0.1, 0.15) is 10.5 Å². The van der Waals surface area contributed by atoms with Crippen LogP contribution in [0.25, 0.3) is 0 Å². The first-order valence-corrected chi connectivity index (χ1v) is 5.95. The molecule has 3 heterocycles. The van der Waals surface area contributed by atoms with Crippen molar-refractivity contribution in [3.63, 3.8) is 0 Å². The number of nitrogens with two attached hydrogens (primary N) is 1. The number of primary amides is 1. The van der Waals surface area contributed by atoms with Gasteiger partial charge in [0.15, 0.2) is 0 Å². The Labute approximate surface area is 100 Å². The number of carbonyl (C=O) groups excluding carboxylic acids is 1. The van der Waals surface area contributed by atoms with Crippen LogP contribution in [0.2, 0.25) is 0 Å². The Hall–Kier alpha value is -1.62. The summed E-state index contributed by atoms with van der Waals surface area (Å²) in [5.74, 6) is 1.01. The largest absolute Gasteiger partial charge is 0.371 e. The molecule has 1 amide bonds. The van der Waals surface area contributed by atoms with E-state index in [-0.39, 0.29) is 0 Å². The van der Waals surface area contributed by atoms with Crippen LogP contribution in [0.4, 0.5) is 5.69 Å². The van der Waals surface area contributed by atoms with E-state index in [2.05, 4.69) is 15.2 Å². The van der Waals surface area contributed by atoms with Gasteiger partial charge in [-0.15, -0.1) is 0 Å². The van der Waals surface area contributed by atoms with Crippen molar-refractivity contribution in [1.29, 1.82) is 0 Å². The number of anilines is 1. The van der Waals surface area contributed by atoms with Crippen molar-refractivity contribution in [2.24, 2.45) is 17.6 Å². The van der Waals surface area contributed by atoms with Crippen LogP contribution in [0.15, 0.2) is 18.3 Å². The molecule has 0 saturated carbocycles. The van der Waals surface area contributed by atoms with E-state index in [1.807, 2.05) is 6.07 Å². The second kappa shape index (κ2) is 4.00. The summed E-state index contributed by atoms with van der Waals surface area (Å²) in [5, 5.41) is 3.41. The summed E-state index contributed by atoms with van der Waals surface area (Å²) in [5.41, 5.74) is 6.65. The Morgan fingerprint density at radius 2 is 2.12 bits per heavy atom. The van der Waals surface area contributed by atoms with Gasteiger partial charge < -0.3 is 16.0 Å². The SMILES string of the molecule is NC(=O)c1cc(N2CC3CNCC3C2)ccn1. The van der Waals surface area contributed by atoms with Gasteiger partial charge in [0.25, 0.3) is 5.91 Å². The smallest absolute Gasteiger partial charge is 0.267 e. The minimum Gasteiger partial charge on any atom is -0.371 e. The van der Waals surface area contributed by atoms with E-state index in [1.54, 1.807) is 12.3 Å². The summed E-state index contributed by atoms with van der Waals surface area (Å²) in [4.78, 5) is 17.4. The first-order chi connectivity index (χ1) is 8.24. The summed E-state index contributed by atoms with van der Waals surface area (Å²) in [6, 6.07) is 3.73. The Morgan fingerprint density at radius 3 is 2.76 bits per heavy atom. The van der Waals surface area contributed by atoms with E-state index in [4.69, 9.17) is 5.73 Å². The lowest BCUT2D eigenvalue weighted by atomic mass is 10.0. The van der Waals surface area contributed by atoms with Crippen LogP contribution in [0.5, 0.6) is 0 Å². The molecule has 3 N–H and O–H groups in total. The van der Waals surface area contributed by atoms with Crippen LogP contribution >= 0.6 is 0 Å². The Balaban J connectivity index is 1.81. The highest BCUT2D eigenvalue weighted by atomic mass is 16.1. The summed E-state index contributed by atoms with van der Waals surface area (Å²) in [6.45, 7) is 4.32. The van der Waals surface area contributed by atoms with Gasteiger partial charge in [-0.2, -0.15) is 0 Å². The Morgan fingerprint density at radius 1 is 1.41 bits per heavy atom. The van der Waals surface area contributed by atoms with Crippen LogP contribution in [0.3, 0.4) is 0 Å². The summed E-state index contributed by atoms with van der Waals surface area (Å²) in [6.07, 6.45) is 1.65. The molecule has 0 spiro atoms. The van der Waals surface area contributed by atoms with Crippen molar-refractivity contribution < 1.29 is 4.79 Å². The van der Waals surface area contributed by atoms with Gasteiger partial charge in [-0.1, -0.05) is 0 Å². The van der Waals surface area contributed by atoms with Crippen LogP contribution in [-0.4, -0.2) is 37.1 Å². The average Bonchev–Trinajstić information content (AvgIpc) is 2.89. The predicted octanol–water partition coefficient (Wildman–Crippen LogP) is -0.164. The molecule has 0 radical (unpaired) electrons. The molecule has 1 aromatic heterocycles. The number of hydrogen-bond donors (Lipinski definition) is 2. The first kappa shape index (κ1) is 10.5. The molecule has 17 heavy (non-hydrogen) atoms. The molecule has 90 valence electrons. The number of fused-ring (bicyclic) bond motifs is 1. The van der Waals surface area contributed by atoms with E-state index in [9.17, 15) is 4.79 Å². The molecule has 3 rings (SSSR count). The van der Waals surface area contributed by atoms with Gasteiger partial charge in [-0.05, 0) is 24.0 Å². The maximum atomic E-state index is 11.1. The van der Waals surface area contributed by atoms with Gasteiger partial charge in [0.2, 0.25) is 0 Å². The van der Waals surface area contributed by atoms with Crippen molar-refractivity contribution in [2.45, 2.75) is 0 Å². The fraction of sp³-hybridized carbons (Fsp3) is 0.500. The van der Waals surface area contributed by atoms with Crippen molar-refractivity contribution in [3.05, 3.63) is 24.0 Å². The quantitative estimate of drug-likeness (QED) is 0.743. The van der Waals surface area contributed by atoms with E-state index >= 15 is 0 Å². The molecule has 2 aliphatic heterocycles. The highest BCUT2D eigenvalue weighted by molar-refractivity contribution is 5.91. The first-order valence-electron chi connectivity index (χ1n) is 5.95. The zero-order valence-electron chi connectivity index (χ0n) is 9.60. The molecule has 0 aromatic carbocycles. The summed E-state index contributed by atoms with van der Waals surface area (Å²) in [7, 11) is 0. The zero-order valence-corrected chi connectivity index (χ0v) is 9.60. The van der Waals surface area contributed by atoms with E-state index in [1.165, 1.54) is 0 Å². The molecule has 2 aliphatic rings. The van der Waals surface area contributed by atoms with Crippen LogP contribution < -0.4 is 16.0 Å². The lowest BCUT2D eigenvalue weighted by Crippen LogP contribution is -2.26. The van der Waals surface area contributed by atoms with Crippen molar-refractivity contribution in [1.82, 2.24) is 10.3 Å². The van der Waals surface area contributed by atoms with Gasteiger partial charge in [0.05, 0.1) is 0 Å². The average molecular weight is 232 g/mol. The van der Waals surface area contributed by atoms with Crippen molar-refractivity contribution in [2.75, 3.05) is 31.1 Å². The molecule has 0 aliphatic carbocycles. The molecule has 1 aromatic rings. The molecular formula is C12H16N4O. The maximum absolute atomic E-state index is 11.1. The monoisotopic (exact) mass is 232 g/mol. The Bertz CT molecular complexity index is 436. The van der Waals surface area contributed by atoms with Gasteiger partial charge in [-0.3, -0.25) is 9.78 Å². The second-order valence-electron chi connectivity index (χ2n) is 4.85. The van der Waals surface area contributed by atoms with Crippen LogP contribution in [-0.2, 0) is 0 Å². The lowest BCUT2D eigenvalue weighted by molar-refractivity contribution is 0.0995. The number of nitrogens with zero attached hydrogens (tertiary/aromatic N) is 2. The number of carbonyl (C=O) groups is 1. The second-order valence-corrected chi connectivity index (χ2v) is 4.85. The molecule has 5 nitrogen and oxygen atoms in total. The van der Waals surface area contributed by atoms with Gasteiger partial charge in [0, 0.05) is 38.1 Å². The number of hydrogen-bond acceptors (Lipinski definition) is 4. The minimum absolute atomic E-state index is 0.345. The molecule has 2 saturated heterocycles. The molecule has 0 bridgehead atoms. The maximum Gasteiger partial charge on any atom is 0.267 e. The number of aromatic nitrogens is 1. The van der Waals surface area contributed by atoms with Crippen molar-refractivity contribution in [3.8, 4) is 0 Å². The Kier molecular flexibility index (Phi) is 2.48. The third-order valence-corrected chi connectivity index (χ3v) is 3.75. The number of rotatable bonds is 2. The van der Waals surface area contributed by atoms with Crippen LogP contribution in [0, 0.1) is 11.8 Å². The lowest BCUT2D eigenvalue weighted by Gasteiger charge is -2.19. The highest BCUT2D eigenvalue weighted by Crippen LogP contribution is 2.30. The fourth-order valence-electron chi connectivity index (χ4n) is 2.82. The van der Waals surface area contributed by atoms with E-state index in [0.29, 0.717) is 5.69 Å². The molecule has 2 unspecified atom stereocenters. The van der Waals surface area contributed by atoms with Gasteiger partial charge in [-0.25, -0.2) is 0 Å². The summed E-state index contributed by atoms with van der Waals surface area (Å²) >= 11 is 0. The standard InChI is InChI=1S/C12H16N4O/c13-12(17)11-3-10(1-2-15-11)16-6-8-4-14-5-9(8)7-16/h1-3,8-9,14H,4-7H2,(H2,13,17). The predicted molar refractivity (Wildman–Crippen MR) is 64.8 cm³/mol. The normalized spacial score (nSPS) is 27.2. The van der Waals surface area contributed by atoms with Crippen molar-refractivity contribution >= 4 is 11.6 Å². The minimum atomic E-state index is -0.465. The number of amides is 1. The molecular weight excluding hydrogens is 216 g/mol. The van der Waals surface area contributed by atoms with Gasteiger partial charge in [0.1, 0.15) is 5.69 Å². The third-order valence-electron chi connectivity index (χ3n) is 3.75. The van der Waals surface area contributed by atoms with Gasteiger partial charge >= 0.3 is 0 Å². The molecule has 2 atom stereocenters. The van der Waals surface area contributed by atoms with E-state index in [0.717, 1.165) is 43.7 Å². The van der Waals surface area contributed by atoms with E-state index < -0.39 is 5.91 Å². The number of nitrogens with one attached hydrogen (secondary N) is 1. The number of pyridine rings is 1. The molecule has 2 fully saturated rings. The highest BCUT2D eigenvalue weighted by Gasteiger charge is 2.36. The third kappa shape index (κ3) is 1.86. The fourth-order valence-corrected chi connectivity index (χ4v) is 2.82. The summed E-state index contributed by atoms with van der Waals surface area (Å²) < 4.78 is 0. The molecule has 5 heteroatoms. The zero-order chi connectivity index (χ0) is 11.8.